The molecule has 0 spiro atoms. The fourth-order valence-corrected chi connectivity index (χ4v) is 1.46. The van der Waals surface area contributed by atoms with Crippen LogP contribution in [0, 0.1) is 0 Å². The third-order valence-electron chi connectivity index (χ3n) is 2.53. The Labute approximate surface area is 117 Å². The molecule has 0 radical (unpaired) electrons. The lowest BCUT2D eigenvalue weighted by molar-refractivity contribution is -0.168. The van der Waals surface area contributed by atoms with E-state index in [4.69, 9.17) is 15.7 Å². The van der Waals surface area contributed by atoms with Crippen molar-refractivity contribution in [2.75, 3.05) is 13.7 Å². The van der Waals surface area contributed by atoms with Crippen LogP contribution in [0.5, 0.6) is 5.75 Å². The highest BCUT2D eigenvalue weighted by molar-refractivity contribution is 5.99. The van der Waals surface area contributed by atoms with Crippen molar-refractivity contribution in [2.45, 2.75) is 19.0 Å². The Morgan fingerprint density at radius 2 is 2.10 bits per heavy atom. The Balaban J connectivity index is 2.74. The molecule has 9 heteroatoms. The van der Waals surface area contributed by atoms with Gasteiger partial charge in [0.05, 0.1) is 19.3 Å². The van der Waals surface area contributed by atoms with E-state index in [1.54, 1.807) is 0 Å². The number of amidine groups is 1. The van der Waals surface area contributed by atoms with E-state index in [2.05, 4.69) is 9.89 Å². The zero-order chi connectivity index (χ0) is 16.0. The summed E-state index contributed by atoms with van der Waals surface area (Å²) in [5, 5.41) is 11.4. The number of halogens is 4. The van der Waals surface area contributed by atoms with E-state index in [0.717, 1.165) is 0 Å². The standard InChI is InChI=1S/C12H14F4N2O3/c1-20-9-4-7(2-3-8(9)10(17)18-19)5-21-6-12(15,16)11(13)14/h2-4,11,19H,5-6H2,1H3,(H2,17,18). The van der Waals surface area contributed by atoms with E-state index in [9.17, 15) is 17.6 Å². The van der Waals surface area contributed by atoms with Crippen molar-refractivity contribution >= 4 is 5.84 Å². The third-order valence-corrected chi connectivity index (χ3v) is 2.53. The first-order chi connectivity index (χ1) is 9.81. The fourth-order valence-electron chi connectivity index (χ4n) is 1.46. The molecule has 1 aromatic carbocycles. The Kier molecular flexibility index (Phi) is 5.77. The molecule has 3 N–H and O–H groups in total. The molecule has 0 unspecified atom stereocenters. The minimum atomic E-state index is -4.20. The first kappa shape index (κ1) is 17.0. The second-order valence-electron chi connectivity index (χ2n) is 4.07. The maximum atomic E-state index is 12.7. The number of alkyl halides is 4. The number of benzene rings is 1. The van der Waals surface area contributed by atoms with Crippen molar-refractivity contribution in [3.8, 4) is 5.75 Å². The van der Waals surface area contributed by atoms with Gasteiger partial charge in [-0.3, -0.25) is 0 Å². The van der Waals surface area contributed by atoms with Gasteiger partial charge in [0.15, 0.2) is 5.84 Å². The quantitative estimate of drug-likeness (QED) is 0.266. The average molecular weight is 310 g/mol. The van der Waals surface area contributed by atoms with Gasteiger partial charge in [0.1, 0.15) is 12.4 Å². The van der Waals surface area contributed by atoms with Crippen LogP contribution in [0.25, 0.3) is 0 Å². The summed E-state index contributed by atoms with van der Waals surface area (Å²) in [5.74, 6) is -4.16. The van der Waals surface area contributed by atoms with Gasteiger partial charge in [0, 0.05) is 0 Å². The Bertz CT molecular complexity index is 509. The SMILES string of the molecule is COc1cc(COCC(F)(F)C(F)F)ccc1/C(N)=N/O. The molecule has 0 amide bonds. The van der Waals surface area contributed by atoms with Gasteiger partial charge in [-0.05, 0) is 17.7 Å². The highest BCUT2D eigenvalue weighted by Crippen LogP contribution is 2.24. The fraction of sp³-hybridized carbons (Fsp3) is 0.417. The van der Waals surface area contributed by atoms with Crippen LogP contribution in [-0.4, -0.2) is 37.1 Å². The Hall–Kier alpha value is -2.03. The highest BCUT2D eigenvalue weighted by Gasteiger charge is 2.40. The van der Waals surface area contributed by atoms with Crippen LogP contribution in [0.15, 0.2) is 23.4 Å². The highest BCUT2D eigenvalue weighted by atomic mass is 19.3. The monoisotopic (exact) mass is 310 g/mol. The summed E-state index contributed by atoms with van der Waals surface area (Å²) in [5.41, 5.74) is 6.12. The number of hydrogen-bond acceptors (Lipinski definition) is 4. The lowest BCUT2D eigenvalue weighted by Crippen LogP contribution is -2.32. The zero-order valence-corrected chi connectivity index (χ0v) is 11.0. The predicted molar refractivity (Wildman–Crippen MR) is 66.1 cm³/mol. The summed E-state index contributed by atoms with van der Waals surface area (Å²) in [4.78, 5) is 0. The number of nitrogens with zero attached hydrogens (tertiary/aromatic N) is 1. The molecule has 1 aromatic rings. The largest absolute Gasteiger partial charge is 0.496 e. The van der Waals surface area contributed by atoms with Gasteiger partial charge in [0.25, 0.3) is 0 Å². The lowest BCUT2D eigenvalue weighted by atomic mass is 10.1. The molecule has 0 aliphatic rings. The normalized spacial score (nSPS) is 12.8. The van der Waals surface area contributed by atoms with Gasteiger partial charge < -0.3 is 20.4 Å². The van der Waals surface area contributed by atoms with E-state index >= 15 is 0 Å². The molecule has 0 bridgehead atoms. The van der Waals surface area contributed by atoms with Crippen molar-refractivity contribution in [1.29, 1.82) is 0 Å². The van der Waals surface area contributed by atoms with Crippen LogP contribution in [0.4, 0.5) is 17.6 Å². The molecule has 0 aliphatic carbocycles. The van der Waals surface area contributed by atoms with Crippen molar-refractivity contribution in [2.24, 2.45) is 10.9 Å². The maximum Gasteiger partial charge on any atom is 0.330 e. The van der Waals surface area contributed by atoms with Gasteiger partial charge >= 0.3 is 12.3 Å². The summed E-state index contributed by atoms with van der Waals surface area (Å²) in [7, 11) is 1.33. The molecule has 0 aliphatic heterocycles. The van der Waals surface area contributed by atoms with Crippen LogP contribution >= 0.6 is 0 Å². The van der Waals surface area contributed by atoms with Crippen molar-refractivity contribution < 1.29 is 32.2 Å². The number of rotatable bonds is 7. The smallest absolute Gasteiger partial charge is 0.330 e. The molecular formula is C12H14F4N2O3. The van der Waals surface area contributed by atoms with Crippen molar-refractivity contribution in [1.82, 2.24) is 0 Å². The van der Waals surface area contributed by atoms with Gasteiger partial charge in [-0.25, -0.2) is 8.78 Å². The van der Waals surface area contributed by atoms with E-state index in [0.29, 0.717) is 11.1 Å². The van der Waals surface area contributed by atoms with Crippen LogP contribution in [0.3, 0.4) is 0 Å². The summed E-state index contributed by atoms with van der Waals surface area (Å²) in [6.07, 6.45) is -3.78. The van der Waals surface area contributed by atoms with Gasteiger partial charge in [-0.15, -0.1) is 0 Å². The molecule has 0 saturated heterocycles. The molecule has 21 heavy (non-hydrogen) atoms. The van der Waals surface area contributed by atoms with Crippen LogP contribution in [0.1, 0.15) is 11.1 Å². The summed E-state index contributed by atoms with van der Waals surface area (Å²) < 4.78 is 58.7. The van der Waals surface area contributed by atoms with Crippen LogP contribution in [-0.2, 0) is 11.3 Å². The molecule has 0 fully saturated rings. The predicted octanol–water partition coefficient (Wildman–Crippen LogP) is 2.21. The van der Waals surface area contributed by atoms with E-state index < -0.39 is 19.0 Å². The van der Waals surface area contributed by atoms with E-state index in [1.807, 2.05) is 0 Å². The Morgan fingerprint density at radius 1 is 1.43 bits per heavy atom. The number of ether oxygens (including phenoxy) is 2. The van der Waals surface area contributed by atoms with Gasteiger partial charge in [0.2, 0.25) is 0 Å². The molecule has 1 rings (SSSR count). The molecule has 118 valence electrons. The van der Waals surface area contributed by atoms with Crippen molar-refractivity contribution in [3.63, 3.8) is 0 Å². The first-order valence-corrected chi connectivity index (χ1v) is 5.70. The minimum absolute atomic E-state index is 0.191. The first-order valence-electron chi connectivity index (χ1n) is 5.70. The zero-order valence-electron chi connectivity index (χ0n) is 11.0. The number of methoxy groups -OCH3 is 1. The Morgan fingerprint density at radius 3 is 2.62 bits per heavy atom. The van der Waals surface area contributed by atoms with E-state index in [1.165, 1.54) is 25.3 Å². The summed E-state index contributed by atoms with van der Waals surface area (Å²) in [6, 6.07) is 4.29. The number of oxime groups is 1. The summed E-state index contributed by atoms with van der Waals surface area (Å²) >= 11 is 0. The molecule has 0 atom stereocenters. The number of hydrogen-bond donors (Lipinski definition) is 2. The minimum Gasteiger partial charge on any atom is -0.496 e. The second-order valence-corrected chi connectivity index (χ2v) is 4.07. The molecule has 0 saturated carbocycles. The molecular weight excluding hydrogens is 296 g/mol. The van der Waals surface area contributed by atoms with Crippen LogP contribution in [0.2, 0.25) is 0 Å². The topological polar surface area (TPSA) is 77.1 Å². The molecule has 0 aromatic heterocycles. The van der Waals surface area contributed by atoms with Gasteiger partial charge in [-0.2, -0.15) is 8.78 Å². The maximum absolute atomic E-state index is 12.7. The summed E-state index contributed by atoms with van der Waals surface area (Å²) in [6.45, 7) is -1.70. The van der Waals surface area contributed by atoms with Crippen molar-refractivity contribution in [3.05, 3.63) is 29.3 Å². The molecule has 5 nitrogen and oxygen atoms in total. The third kappa shape index (κ3) is 4.48. The second kappa shape index (κ2) is 7.11. The molecule has 0 heterocycles. The van der Waals surface area contributed by atoms with E-state index in [-0.39, 0.29) is 18.2 Å². The lowest BCUT2D eigenvalue weighted by Gasteiger charge is -2.15. The number of nitrogens with two attached hydrogens (primary N) is 1. The average Bonchev–Trinajstić information content (AvgIpc) is 2.45. The van der Waals surface area contributed by atoms with Gasteiger partial charge in [-0.1, -0.05) is 11.2 Å². The van der Waals surface area contributed by atoms with Crippen LogP contribution < -0.4 is 10.5 Å².